The fraction of sp³-hybridized carbons (Fsp3) is 0.125. The molecule has 0 saturated carbocycles. The average Bonchev–Trinajstić information content (AvgIpc) is 2.98. The number of hydrogen-bond donors (Lipinski definition) is 2. The van der Waals surface area contributed by atoms with Crippen LogP contribution in [0.3, 0.4) is 0 Å². The smallest absolute Gasteiger partial charge is 0.313 e. The predicted molar refractivity (Wildman–Crippen MR) is 96.7 cm³/mol. The van der Waals surface area contributed by atoms with Crippen molar-refractivity contribution in [2.24, 2.45) is 0 Å². The third-order valence-corrected chi connectivity index (χ3v) is 4.68. The van der Waals surface area contributed by atoms with Crippen LogP contribution < -0.4 is 16.6 Å². The lowest BCUT2D eigenvalue weighted by Crippen LogP contribution is -2.39. The Labute approximate surface area is 150 Å². The van der Waals surface area contributed by atoms with Crippen molar-refractivity contribution in [2.45, 2.75) is 13.5 Å². The second-order valence-electron chi connectivity index (χ2n) is 5.24. The van der Waals surface area contributed by atoms with Crippen molar-refractivity contribution in [1.29, 1.82) is 0 Å². The van der Waals surface area contributed by atoms with Gasteiger partial charge in [0.2, 0.25) is 0 Å². The highest BCUT2D eigenvalue weighted by atomic mass is 35.5. The van der Waals surface area contributed by atoms with Crippen molar-refractivity contribution in [1.82, 2.24) is 14.5 Å². The molecule has 0 atom stereocenters. The number of aromatic amines is 1. The highest BCUT2D eigenvalue weighted by molar-refractivity contribution is 7.13. The fourth-order valence-electron chi connectivity index (χ4n) is 2.19. The van der Waals surface area contributed by atoms with Gasteiger partial charge in [-0.15, -0.1) is 11.3 Å². The summed E-state index contributed by atoms with van der Waals surface area (Å²) < 4.78 is 0.934. The fourth-order valence-corrected chi connectivity index (χ4v) is 3.07. The summed E-state index contributed by atoms with van der Waals surface area (Å²) in [6, 6.07) is 6.87. The molecule has 7 nitrogen and oxygen atoms in total. The SMILES string of the molecule is Cc1csc(NC(=O)c2c[nH]c(=O)n(Cc3ccccc3Cl)c2=O)n1. The van der Waals surface area contributed by atoms with Gasteiger partial charge in [-0.2, -0.15) is 0 Å². The van der Waals surface area contributed by atoms with Gasteiger partial charge in [-0.05, 0) is 18.6 Å². The van der Waals surface area contributed by atoms with Crippen molar-refractivity contribution >= 4 is 34.0 Å². The van der Waals surface area contributed by atoms with Gasteiger partial charge in [0.25, 0.3) is 11.5 Å². The number of benzene rings is 1. The number of anilines is 1. The molecule has 1 aromatic carbocycles. The number of H-pyrrole nitrogens is 1. The number of thiazole rings is 1. The molecular formula is C16H13ClN4O3S. The number of amides is 1. The predicted octanol–water partition coefficient (Wildman–Crippen LogP) is 2.26. The molecule has 0 spiro atoms. The van der Waals surface area contributed by atoms with Gasteiger partial charge in [0, 0.05) is 16.6 Å². The first-order valence-electron chi connectivity index (χ1n) is 7.25. The Hall–Kier alpha value is -2.71. The number of aryl methyl sites for hydroxylation is 1. The van der Waals surface area contributed by atoms with E-state index < -0.39 is 17.2 Å². The van der Waals surface area contributed by atoms with Crippen LogP contribution in [0, 0.1) is 6.92 Å². The zero-order valence-corrected chi connectivity index (χ0v) is 14.6. The normalized spacial score (nSPS) is 10.6. The molecule has 128 valence electrons. The first-order chi connectivity index (χ1) is 12.0. The van der Waals surface area contributed by atoms with Crippen LogP contribution in [0.2, 0.25) is 5.02 Å². The Bertz CT molecular complexity index is 1050. The minimum atomic E-state index is -0.700. The number of carbonyl (C=O) groups is 1. The Morgan fingerprint density at radius 3 is 2.80 bits per heavy atom. The summed E-state index contributed by atoms with van der Waals surface area (Å²) in [6.07, 6.45) is 1.10. The summed E-state index contributed by atoms with van der Waals surface area (Å²) in [7, 11) is 0. The lowest BCUT2D eigenvalue weighted by atomic mass is 10.2. The van der Waals surface area contributed by atoms with Crippen LogP contribution in [0.4, 0.5) is 5.13 Å². The van der Waals surface area contributed by atoms with E-state index >= 15 is 0 Å². The van der Waals surface area contributed by atoms with Gasteiger partial charge in [-0.25, -0.2) is 9.78 Å². The Morgan fingerprint density at radius 2 is 2.12 bits per heavy atom. The van der Waals surface area contributed by atoms with E-state index in [-0.39, 0.29) is 12.1 Å². The number of nitrogens with zero attached hydrogens (tertiary/aromatic N) is 2. The monoisotopic (exact) mass is 376 g/mol. The van der Waals surface area contributed by atoms with E-state index in [1.165, 1.54) is 11.3 Å². The van der Waals surface area contributed by atoms with E-state index in [4.69, 9.17) is 11.6 Å². The molecule has 1 amide bonds. The van der Waals surface area contributed by atoms with E-state index in [0.717, 1.165) is 16.5 Å². The quantitative estimate of drug-likeness (QED) is 0.729. The second kappa shape index (κ2) is 7.04. The number of aromatic nitrogens is 3. The zero-order chi connectivity index (χ0) is 18.0. The van der Waals surface area contributed by atoms with Gasteiger partial charge >= 0.3 is 5.69 Å². The molecular weight excluding hydrogens is 364 g/mol. The highest BCUT2D eigenvalue weighted by Crippen LogP contribution is 2.16. The number of halogens is 1. The van der Waals surface area contributed by atoms with E-state index in [1.807, 2.05) is 0 Å². The third-order valence-electron chi connectivity index (χ3n) is 3.43. The Kier molecular flexibility index (Phi) is 4.82. The number of carbonyl (C=O) groups excluding carboxylic acids is 1. The van der Waals surface area contributed by atoms with E-state index in [0.29, 0.717) is 15.7 Å². The summed E-state index contributed by atoms with van der Waals surface area (Å²) in [5, 5.41) is 5.14. The molecule has 0 aliphatic rings. The van der Waals surface area contributed by atoms with E-state index in [9.17, 15) is 14.4 Å². The van der Waals surface area contributed by atoms with Crippen LogP contribution in [-0.4, -0.2) is 20.4 Å². The molecule has 0 saturated heterocycles. The Morgan fingerprint density at radius 1 is 1.36 bits per heavy atom. The second-order valence-corrected chi connectivity index (χ2v) is 6.50. The maximum absolute atomic E-state index is 12.6. The van der Waals surface area contributed by atoms with Gasteiger partial charge < -0.3 is 4.98 Å². The summed E-state index contributed by atoms with van der Waals surface area (Å²) in [6.45, 7) is 1.76. The van der Waals surface area contributed by atoms with Crippen molar-refractivity contribution in [2.75, 3.05) is 5.32 Å². The summed E-state index contributed by atoms with van der Waals surface area (Å²) in [5.41, 5.74) is -0.136. The molecule has 3 aromatic rings. The molecule has 0 unspecified atom stereocenters. The molecule has 2 heterocycles. The maximum Gasteiger partial charge on any atom is 0.328 e. The van der Waals surface area contributed by atoms with Crippen LogP contribution in [-0.2, 0) is 6.54 Å². The van der Waals surface area contributed by atoms with Crippen molar-refractivity contribution < 1.29 is 4.79 Å². The number of hydrogen-bond acceptors (Lipinski definition) is 5. The van der Waals surface area contributed by atoms with Crippen LogP contribution in [0.25, 0.3) is 0 Å². The average molecular weight is 377 g/mol. The highest BCUT2D eigenvalue weighted by Gasteiger charge is 2.16. The molecule has 0 aliphatic carbocycles. The standard InChI is InChI=1S/C16H13ClN4O3S/c1-9-8-25-15(19-9)20-13(22)11-6-18-16(24)21(14(11)23)7-10-4-2-3-5-12(10)17/h2-6,8H,7H2,1H3,(H,18,24)(H,19,20,22). The van der Waals surface area contributed by atoms with E-state index in [2.05, 4.69) is 15.3 Å². The lowest BCUT2D eigenvalue weighted by molar-refractivity contribution is 0.102. The van der Waals surface area contributed by atoms with Crippen LogP contribution in [0.5, 0.6) is 0 Å². The molecule has 0 radical (unpaired) electrons. The summed E-state index contributed by atoms with van der Waals surface area (Å²) in [4.78, 5) is 43.4. The van der Waals surface area contributed by atoms with Gasteiger partial charge in [-0.1, -0.05) is 29.8 Å². The molecule has 2 aromatic heterocycles. The number of nitrogens with one attached hydrogen (secondary N) is 2. The first-order valence-corrected chi connectivity index (χ1v) is 8.51. The largest absolute Gasteiger partial charge is 0.328 e. The van der Waals surface area contributed by atoms with Crippen molar-refractivity contribution in [3.63, 3.8) is 0 Å². The van der Waals surface area contributed by atoms with Crippen LogP contribution >= 0.6 is 22.9 Å². The molecule has 0 bridgehead atoms. The maximum atomic E-state index is 12.6. The minimum absolute atomic E-state index is 0.0364. The topological polar surface area (TPSA) is 96.9 Å². The van der Waals surface area contributed by atoms with Crippen molar-refractivity contribution in [3.05, 3.63) is 78.5 Å². The van der Waals surface area contributed by atoms with Gasteiger partial charge in [0.15, 0.2) is 5.13 Å². The Balaban J connectivity index is 1.94. The molecule has 25 heavy (non-hydrogen) atoms. The van der Waals surface area contributed by atoms with E-state index in [1.54, 1.807) is 36.6 Å². The molecule has 0 aliphatic heterocycles. The molecule has 9 heteroatoms. The van der Waals surface area contributed by atoms with Gasteiger partial charge in [-0.3, -0.25) is 19.5 Å². The van der Waals surface area contributed by atoms with Gasteiger partial charge in [0.1, 0.15) is 5.56 Å². The van der Waals surface area contributed by atoms with Gasteiger partial charge in [0.05, 0.1) is 12.2 Å². The first kappa shape index (κ1) is 17.1. The molecule has 3 rings (SSSR count). The van der Waals surface area contributed by atoms with Crippen LogP contribution in [0.1, 0.15) is 21.6 Å². The minimum Gasteiger partial charge on any atom is -0.313 e. The molecule has 2 N–H and O–H groups in total. The molecule has 0 fully saturated rings. The zero-order valence-electron chi connectivity index (χ0n) is 13.1. The summed E-state index contributed by atoms with van der Waals surface area (Å²) in [5.74, 6) is -0.636. The lowest BCUT2D eigenvalue weighted by Gasteiger charge is -2.08. The summed E-state index contributed by atoms with van der Waals surface area (Å²) >= 11 is 7.33. The number of rotatable bonds is 4. The van der Waals surface area contributed by atoms with Crippen molar-refractivity contribution in [3.8, 4) is 0 Å². The third kappa shape index (κ3) is 3.70. The van der Waals surface area contributed by atoms with Crippen LogP contribution in [0.15, 0.2) is 45.4 Å².